The van der Waals surface area contributed by atoms with Gasteiger partial charge in [-0.3, -0.25) is 4.79 Å². The number of carboxylic acids is 1. The van der Waals surface area contributed by atoms with Crippen molar-refractivity contribution in [1.82, 2.24) is 4.31 Å². The molecule has 0 spiro atoms. The van der Waals surface area contributed by atoms with Crippen molar-refractivity contribution in [2.24, 2.45) is 0 Å². The first-order valence-electron chi connectivity index (χ1n) is 5.68. The molecule has 1 unspecified atom stereocenters. The topological polar surface area (TPSA) is 74.7 Å². The highest BCUT2D eigenvalue weighted by atomic mass is 35.5. The number of carbonyl (C=O) groups is 1. The van der Waals surface area contributed by atoms with Crippen LogP contribution in [-0.2, 0) is 14.8 Å². The molecule has 1 N–H and O–H groups in total. The highest BCUT2D eigenvalue weighted by Crippen LogP contribution is 2.26. The average molecular weight is 306 g/mol. The van der Waals surface area contributed by atoms with E-state index in [4.69, 9.17) is 16.7 Å². The van der Waals surface area contributed by atoms with Gasteiger partial charge >= 0.3 is 5.97 Å². The highest BCUT2D eigenvalue weighted by molar-refractivity contribution is 7.89. The van der Waals surface area contributed by atoms with Gasteiger partial charge in [0, 0.05) is 7.05 Å². The fourth-order valence-corrected chi connectivity index (χ4v) is 3.68. The fraction of sp³-hybridized carbons (Fsp3) is 0.417. The van der Waals surface area contributed by atoms with Crippen LogP contribution < -0.4 is 0 Å². The lowest BCUT2D eigenvalue weighted by Gasteiger charge is -2.23. The van der Waals surface area contributed by atoms with E-state index in [1.54, 1.807) is 19.9 Å². The molecule has 0 aliphatic heterocycles. The van der Waals surface area contributed by atoms with E-state index in [0.717, 1.165) is 9.87 Å². The van der Waals surface area contributed by atoms with Crippen LogP contribution in [0.2, 0.25) is 5.02 Å². The van der Waals surface area contributed by atoms with Crippen LogP contribution in [0, 0.1) is 6.92 Å². The van der Waals surface area contributed by atoms with Gasteiger partial charge in [-0.05, 0) is 31.0 Å². The van der Waals surface area contributed by atoms with Gasteiger partial charge in [-0.15, -0.1) is 0 Å². The lowest BCUT2D eigenvalue weighted by molar-refractivity contribution is -0.141. The number of hydrogen-bond donors (Lipinski definition) is 1. The first-order valence-corrected chi connectivity index (χ1v) is 7.50. The quantitative estimate of drug-likeness (QED) is 0.904. The molecule has 1 aromatic rings. The summed E-state index contributed by atoms with van der Waals surface area (Å²) in [6.45, 7) is 3.40. The predicted octanol–water partition coefficient (Wildman–Crippen LogP) is 2.13. The normalized spacial score (nSPS) is 13.5. The van der Waals surface area contributed by atoms with Crippen molar-refractivity contribution >= 4 is 27.6 Å². The zero-order valence-corrected chi connectivity index (χ0v) is 12.5. The number of sulfonamides is 1. The van der Waals surface area contributed by atoms with Crippen molar-refractivity contribution in [1.29, 1.82) is 0 Å². The smallest absolute Gasteiger partial charge is 0.321 e. The first kappa shape index (κ1) is 15.9. The maximum absolute atomic E-state index is 12.3. The molecule has 106 valence electrons. The second-order valence-electron chi connectivity index (χ2n) is 4.22. The molecule has 1 aromatic carbocycles. The number of likely N-dealkylation sites (N-methyl/N-ethyl adjacent to an activating group) is 1. The molecule has 0 fully saturated rings. The Labute approximate surface area is 117 Å². The Morgan fingerprint density at radius 1 is 1.47 bits per heavy atom. The Morgan fingerprint density at radius 2 is 2.05 bits per heavy atom. The summed E-state index contributed by atoms with van der Waals surface area (Å²) >= 11 is 5.93. The molecule has 0 aliphatic carbocycles. The lowest BCUT2D eigenvalue weighted by atomic mass is 10.2. The van der Waals surface area contributed by atoms with Crippen LogP contribution >= 0.6 is 11.6 Å². The first-order chi connectivity index (χ1) is 8.71. The minimum atomic E-state index is -3.92. The summed E-state index contributed by atoms with van der Waals surface area (Å²) in [6, 6.07) is 3.43. The van der Waals surface area contributed by atoms with E-state index >= 15 is 0 Å². The second kappa shape index (κ2) is 5.90. The zero-order valence-electron chi connectivity index (χ0n) is 10.9. The molecular weight excluding hydrogens is 290 g/mol. The molecule has 0 bridgehead atoms. The monoisotopic (exact) mass is 305 g/mol. The molecule has 1 rings (SSSR count). The van der Waals surface area contributed by atoms with E-state index in [9.17, 15) is 13.2 Å². The van der Waals surface area contributed by atoms with Crippen LogP contribution in [0.25, 0.3) is 0 Å². The molecule has 19 heavy (non-hydrogen) atoms. The van der Waals surface area contributed by atoms with Crippen LogP contribution in [0.1, 0.15) is 18.9 Å². The van der Waals surface area contributed by atoms with Gasteiger partial charge in [0.25, 0.3) is 0 Å². The van der Waals surface area contributed by atoms with Gasteiger partial charge in [0.05, 0.1) is 5.02 Å². The van der Waals surface area contributed by atoms with Gasteiger partial charge in [-0.25, -0.2) is 8.42 Å². The fourth-order valence-electron chi connectivity index (χ4n) is 1.72. The van der Waals surface area contributed by atoms with Gasteiger partial charge in [-0.1, -0.05) is 24.6 Å². The van der Waals surface area contributed by atoms with E-state index in [-0.39, 0.29) is 16.3 Å². The Kier molecular flexibility index (Phi) is 4.95. The standard InChI is InChI=1S/C12H16ClNO4S/c1-4-10(12(15)16)14(3)19(17,18)11-6-5-8(2)7-9(11)13/h5-7,10H,4H2,1-3H3,(H,15,16). The van der Waals surface area contributed by atoms with Crippen molar-refractivity contribution in [3.05, 3.63) is 28.8 Å². The van der Waals surface area contributed by atoms with E-state index in [0.29, 0.717) is 0 Å². The summed E-state index contributed by atoms with van der Waals surface area (Å²) in [5, 5.41) is 9.12. The van der Waals surface area contributed by atoms with E-state index in [1.807, 2.05) is 0 Å². The largest absolute Gasteiger partial charge is 0.480 e. The molecular formula is C12H16ClNO4S. The molecule has 0 radical (unpaired) electrons. The van der Waals surface area contributed by atoms with Gasteiger partial charge in [0.15, 0.2) is 0 Å². The second-order valence-corrected chi connectivity index (χ2v) is 6.59. The molecule has 0 aromatic heterocycles. The van der Waals surface area contributed by atoms with Crippen molar-refractivity contribution in [3.63, 3.8) is 0 Å². The van der Waals surface area contributed by atoms with Crippen LogP contribution in [0.3, 0.4) is 0 Å². The number of nitrogens with zero attached hydrogens (tertiary/aromatic N) is 1. The number of halogens is 1. The Balaban J connectivity index is 3.27. The zero-order chi connectivity index (χ0) is 14.8. The Hall–Kier alpha value is -1.11. The number of benzene rings is 1. The predicted molar refractivity (Wildman–Crippen MR) is 72.9 cm³/mol. The molecule has 5 nitrogen and oxygen atoms in total. The molecule has 0 aliphatic rings. The minimum absolute atomic E-state index is 0.0815. The molecule has 1 atom stereocenters. The van der Waals surface area contributed by atoms with Gasteiger partial charge in [-0.2, -0.15) is 4.31 Å². The molecule has 0 amide bonds. The third-order valence-corrected chi connectivity index (χ3v) is 5.20. The van der Waals surface area contributed by atoms with Gasteiger partial charge in [0.2, 0.25) is 10.0 Å². The van der Waals surface area contributed by atoms with Crippen LogP contribution in [0.4, 0.5) is 0 Å². The number of aryl methyl sites for hydroxylation is 1. The summed E-state index contributed by atoms with van der Waals surface area (Å²) < 4.78 is 25.5. The van der Waals surface area contributed by atoms with Gasteiger partial charge in [0.1, 0.15) is 10.9 Å². The van der Waals surface area contributed by atoms with Gasteiger partial charge < -0.3 is 5.11 Å². The Bertz CT molecular complexity index is 585. The van der Waals surface area contributed by atoms with Crippen molar-refractivity contribution in [3.8, 4) is 0 Å². The van der Waals surface area contributed by atoms with Crippen LogP contribution in [-0.4, -0.2) is 36.9 Å². The molecule has 7 heteroatoms. The molecule has 0 saturated heterocycles. The van der Waals surface area contributed by atoms with E-state index in [1.165, 1.54) is 19.2 Å². The summed E-state index contributed by atoms with van der Waals surface area (Å²) in [7, 11) is -2.68. The van der Waals surface area contributed by atoms with Crippen molar-refractivity contribution in [2.75, 3.05) is 7.05 Å². The van der Waals surface area contributed by atoms with E-state index in [2.05, 4.69) is 0 Å². The summed E-state index contributed by atoms with van der Waals surface area (Å²) in [5.41, 5.74) is 0.830. The molecule has 0 saturated carbocycles. The summed E-state index contributed by atoms with van der Waals surface area (Å²) in [6.07, 6.45) is 0.175. The number of hydrogen-bond acceptors (Lipinski definition) is 3. The van der Waals surface area contributed by atoms with Crippen molar-refractivity contribution in [2.45, 2.75) is 31.2 Å². The number of rotatable bonds is 5. The number of carboxylic acid groups (broad SMARTS) is 1. The molecule has 0 heterocycles. The third kappa shape index (κ3) is 3.26. The van der Waals surface area contributed by atoms with Crippen LogP contribution in [0.5, 0.6) is 0 Å². The van der Waals surface area contributed by atoms with E-state index < -0.39 is 22.0 Å². The average Bonchev–Trinajstić information content (AvgIpc) is 2.28. The Morgan fingerprint density at radius 3 is 2.47 bits per heavy atom. The number of aliphatic carboxylic acids is 1. The third-order valence-electron chi connectivity index (χ3n) is 2.86. The SMILES string of the molecule is CCC(C(=O)O)N(C)S(=O)(=O)c1ccc(C)cc1Cl. The van der Waals surface area contributed by atoms with Crippen LogP contribution in [0.15, 0.2) is 23.1 Å². The maximum atomic E-state index is 12.3. The highest BCUT2D eigenvalue weighted by Gasteiger charge is 2.32. The lowest BCUT2D eigenvalue weighted by Crippen LogP contribution is -2.41. The minimum Gasteiger partial charge on any atom is -0.480 e. The van der Waals surface area contributed by atoms with Crippen molar-refractivity contribution < 1.29 is 18.3 Å². The summed E-state index contributed by atoms with van der Waals surface area (Å²) in [4.78, 5) is 11.0. The maximum Gasteiger partial charge on any atom is 0.321 e. The summed E-state index contributed by atoms with van der Waals surface area (Å²) in [5.74, 6) is -1.18.